The highest BCUT2D eigenvalue weighted by molar-refractivity contribution is 5.88. The molecule has 5 heteroatoms. The largest absolute Gasteiger partial charge is 0.444 e. The molecule has 0 radical (unpaired) electrons. The van der Waals surface area contributed by atoms with Gasteiger partial charge in [-0.2, -0.15) is 0 Å². The van der Waals surface area contributed by atoms with Crippen molar-refractivity contribution in [2.45, 2.75) is 52.3 Å². The number of carbonyl (C=O) groups excluding carboxylic acids is 2. The Bertz CT molecular complexity index is 296. The van der Waals surface area contributed by atoms with Gasteiger partial charge in [0.25, 0.3) is 0 Å². The second kappa shape index (κ2) is 4.31. The monoisotopic (exact) mass is 228 g/mol. The van der Waals surface area contributed by atoms with E-state index in [0.29, 0.717) is 0 Å². The lowest BCUT2D eigenvalue weighted by atomic mass is 10.0. The van der Waals surface area contributed by atoms with Gasteiger partial charge < -0.3 is 15.4 Å². The molecule has 1 saturated heterocycles. The molecular weight excluding hydrogens is 208 g/mol. The molecule has 0 spiro atoms. The molecule has 0 aliphatic carbocycles. The van der Waals surface area contributed by atoms with Gasteiger partial charge >= 0.3 is 6.09 Å². The van der Waals surface area contributed by atoms with E-state index in [2.05, 4.69) is 10.6 Å². The average Bonchev–Trinajstić information content (AvgIpc) is 2.29. The molecule has 1 aliphatic heterocycles. The number of hydrogen-bond acceptors (Lipinski definition) is 3. The number of hydrogen-bond donors (Lipinski definition) is 2. The predicted molar refractivity (Wildman–Crippen MR) is 59.9 cm³/mol. The number of alkyl carbamates (subject to hydrolysis) is 1. The van der Waals surface area contributed by atoms with E-state index in [4.69, 9.17) is 4.74 Å². The lowest BCUT2D eigenvalue weighted by Crippen LogP contribution is -2.45. The number of amides is 2. The second-order valence-corrected chi connectivity index (χ2v) is 5.28. The standard InChI is InChI=1S/C11H20N2O3/c1-6-7(2)12-9(14)8(6)13-10(15)16-11(3,4)5/h6-8H,1-5H3,(H,12,14)(H,13,15)/t6-,7-,8-/m1/s1. The van der Waals surface area contributed by atoms with Crippen LogP contribution in [0.25, 0.3) is 0 Å². The summed E-state index contributed by atoms with van der Waals surface area (Å²) >= 11 is 0. The van der Waals surface area contributed by atoms with Crippen molar-refractivity contribution in [3.63, 3.8) is 0 Å². The fourth-order valence-electron chi connectivity index (χ4n) is 1.60. The molecule has 3 atom stereocenters. The molecule has 0 aromatic heterocycles. The van der Waals surface area contributed by atoms with Gasteiger partial charge in [-0.3, -0.25) is 4.79 Å². The summed E-state index contributed by atoms with van der Waals surface area (Å²) in [6.45, 7) is 9.19. The zero-order valence-electron chi connectivity index (χ0n) is 10.5. The van der Waals surface area contributed by atoms with Gasteiger partial charge in [-0.1, -0.05) is 6.92 Å². The number of rotatable bonds is 1. The van der Waals surface area contributed by atoms with Crippen LogP contribution >= 0.6 is 0 Å². The molecule has 2 amide bonds. The van der Waals surface area contributed by atoms with Crippen molar-refractivity contribution in [2.24, 2.45) is 5.92 Å². The van der Waals surface area contributed by atoms with Crippen molar-refractivity contribution >= 4 is 12.0 Å². The van der Waals surface area contributed by atoms with Crippen LogP contribution in [0.5, 0.6) is 0 Å². The fourth-order valence-corrected chi connectivity index (χ4v) is 1.60. The minimum Gasteiger partial charge on any atom is -0.444 e. The predicted octanol–water partition coefficient (Wildman–Crippen LogP) is 1.03. The molecule has 2 N–H and O–H groups in total. The molecule has 92 valence electrons. The van der Waals surface area contributed by atoms with Gasteiger partial charge in [0.2, 0.25) is 5.91 Å². The lowest BCUT2D eigenvalue weighted by Gasteiger charge is -2.22. The number of carbonyl (C=O) groups is 2. The summed E-state index contributed by atoms with van der Waals surface area (Å²) in [6, 6.07) is -0.419. The van der Waals surface area contributed by atoms with Crippen LogP contribution in [0.3, 0.4) is 0 Å². The molecule has 1 fully saturated rings. The molecule has 0 unspecified atom stereocenters. The minimum atomic E-state index is -0.548. The Balaban J connectivity index is 2.55. The van der Waals surface area contributed by atoms with Crippen LogP contribution in [-0.4, -0.2) is 29.7 Å². The van der Waals surface area contributed by atoms with Gasteiger partial charge in [0.05, 0.1) is 0 Å². The van der Waals surface area contributed by atoms with E-state index in [1.807, 2.05) is 13.8 Å². The summed E-state index contributed by atoms with van der Waals surface area (Å²) in [6.07, 6.45) is -0.548. The summed E-state index contributed by atoms with van der Waals surface area (Å²) in [4.78, 5) is 23.0. The van der Waals surface area contributed by atoms with Crippen LogP contribution in [0.2, 0.25) is 0 Å². The molecule has 1 aliphatic rings. The van der Waals surface area contributed by atoms with Crippen molar-refractivity contribution in [3.05, 3.63) is 0 Å². The molecule has 5 nitrogen and oxygen atoms in total. The van der Waals surface area contributed by atoms with Gasteiger partial charge in [-0.05, 0) is 27.7 Å². The van der Waals surface area contributed by atoms with E-state index < -0.39 is 17.7 Å². The Morgan fingerprint density at radius 2 is 1.94 bits per heavy atom. The maximum atomic E-state index is 11.5. The highest BCUT2D eigenvalue weighted by Gasteiger charge is 2.38. The third kappa shape index (κ3) is 3.12. The van der Waals surface area contributed by atoms with Gasteiger partial charge in [-0.25, -0.2) is 4.79 Å². The minimum absolute atomic E-state index is 0.0695. The van der Waals surface area contributed by atoms with E-state index in [1.54, 1.807) is 20.8 Å². The third-order valence-corrected chi connectivity index (χ3v) is 2.64. The zero-order chi connectivity index (χ0) is 12.5. The van der Waals surface area contributed by atoms with E-state index in [-0.39, 0.29) is 17.9 Å². The summed E-state index contributed by atoms with van der Waals surface area (Å²) in [5, 5.41) is 5.37. The van der Waals surface area contributed by atoms with E-state index in [0.717, 1.165) is 0 Å². The first-order valence-electron chi connectivity index (χ1n) is 5.50. The molecule has 16 heavy (non-hydrogen) atoms. The Morgan fingerprint density at radius 1 is 1.38 bits per heavy atom. The first-order valence-corrected chi connectivity index (χ1v) is 5.50. The Labute approximate surface area is 95.9 Å². The highest BCUT2D eigenvalue weighted by atomic mass is 16.6. The first kappa shape index (κ1) is 12.8. The van der Waals surface area contributed by atoms with Crippen LogP contribution in [-0.2, 0) is 9.53 Å². The Kier molecular flexibility index (Phi) is 3.45. The maximum absolute atomic E-state index is 11.5. The van der Waals surface area contributed by atoms with E-state index in [1.165, 1.54) is 0 Å². The topological polar surface area (TPSA) is 67.4 Å². The molecule has 0 bridgehead atoms. The van der Waals surface area contributed by atoms with Crippen LogP contribution in [0, 0.1) is 5.92 Å². The smallest absolute Gasteiger partial charge is 0.408 e. The molecular formula is C11H20N2O3. The van der Waals surface area contributed by atoms with Crippen LogP contribution in [0.1, 0.15) is 34.6 Å². The summed E-state index contributed by atoms with van der Waals surface area (Å²) < 4.78 is 5.10. The zero-order valence-corrected chi connectivity index (χ0v) is 10.5. The summed E-state index contributed by atoms with van der Waals surface area (Å²) in [5.74, 6) is -0.0779. The van der Waals surface area contributed by atoms with Crippen molar-refractivity contribution in [1.82, 2.24) is 10.6 Å². The van der Waals surface area contributed by atoms with Crippen LogP contribution in [0.15, 0.2) is 0 Å². The first-order chi connectivity index (χ1) is 7.20. The SMILES string of the molecule is C[C@@H]1[C@@H](C)NC(=O)[C@@H]1NC(=O)OC(C)(C)C. The van der Waals surface area contributed by atoms with Crippen molar-refractivity contribution < 1.29 is 14.3 Å². The average molecular weight is 228 g/mol. The van der Waals surface area contributed by atoms with Crippen LogP contribution in [0.4, 0.5) is 4.79 Å². The highest BCUT2D eigenvalue weighted by Crippen LogP contribution is 2.17. The van der Waals surface area contributed by atoms with Crippen molar-refractivity contribution in [1.29, 1.82) is 0 Å². The van der Waals surface area contributed by atoms with Gasteiger partial charge in [0.15, 0.2) is 0 Å². The Hall–Kier alpha value is -1.26. The molecule has 0 aromatic carbocycles. The number of ether oxygens (including phenoxy) is 1. The maximum Gasteiger partial charge on any atom is 0.408 e. The molecule has 1 rings (SSSR count). The lowest BCUT2D eigenvalue weighted by molar-refractivity contribution is -0.121. The van der Waals surface area contributed by atoms with Crippen molar-refractivity contribution in [3.8, 4) is 0 Å². The third-order valence-electron chi connectivity index (χ3n) is 2.64. The Morgan fingerprint density at radius 3 is 2.31 bits per heavy atom. The summed E-state index contributed by atoms with van der Waals surface area (Å²) in [7, 11) is 0. The van der Waals surface area contributed by atoms with Crippen LogP contribution < -0.4 is 10.6 Å². The van der Waals surface area contributed by atoms with E-state index >= 15 is 0 Å². The van der Waals surface area contributed by atoms with Gasteiger partial charge in [0, 0.05) is 12.0 Å². The van der Waals surface area contributed by atoms with E-state index in [9.17, 15) is 9.59 Å². The van der Waals surface area contributed by atoms with Crippen molar-refractivity contribution in [2.75, 3.05) is 0 Å². The molecule has 0 aromatic rings. The second-order valence-electron chi connectivity index (χ2n) is 5.28. The fraction of sp³-hybridized carbons (Fsp3) is 0.818. The normalized spacial score (nSPS) is 29.8. The van der Waals surface area contributed by atoms with Gasteiger partial charge in [0.1, 0.15) is 11.6 Å². The quantitative estimate of drug-likeness (QED) is 0.704. The molecule has 0 saturated carbocycles. The number of nitrogens with one attached hydrogen (secondary N) is 2. The molecule has 1 heterocycles. The summed E-state index contributed by atoms with van der Waals surface area (Å²) in [5.41, 5.74) is -0.548. The van der Waals surface area contributed by atoms with Gasteiger partial charge in [-0.15, -0.1) is 0 Å².